The summed E-state index contributed by atoms with van der Waals surface area (Å²) < 4.78 is 4.65. The lowest BCUT2D eigenvalue weighted by atomic mass is 10.8. The van der Waals surface area contributed by atoms with Crippen LogP contribution in [0.5, 0.6) is 0 Å². The van der Waals surface area contributed by atoms with Crippen LogP contribution in [0.25, 0.3) is 0 Å². The van der Waals surface area contributed by atoms with Crippen molar-refractivity contribution in [1.82, 2.24) is 5.32 Å². The molecule has 5 heteroatoms. The van der Waals surface area contributed by atoms with Crippen LogP contribution < -0.4 is 5.32 Å². The van der Waals surface area contributed by atoms with Gasteiger partial charge in [-0.05, 0) is 0 Å². The molecule has 0 spiro atoms. The molecule has 0 saturated heterocycles. The van der Waals surface area contributed by atoms with Crippen LogP contribution in [0.4, 0.5) is 0 Å². The number of aliphatic imine (C=N–C) groups is 1. The Labute approximate surface area is 64.5 Å². The first-order valence-electron chi connectivity index (χ1n) is 2.64. The van der Waals surface area contributed by atoms with E-state index in [0.29, 0.717) is 12.4 Å². The number of nitrogens with zero attached hydrogens (tertiary/aromatic N) is 2. The molecule has 0 aromatic rings. The number of hydrogen-bond donors (Lipinski definition) is 1. The Kier molecular flexibility index (Phi) is 5.59. The molecule has 0 unspecified atom stereocenters. The summed E-state index contributed by atoms with van der Waals surface area (Å²) in [6.07, 6.45) is 1.68. The van der Waals surface area contributed by atoms with Gasteiger partial charge in [0, 0.05) is 5.88 Å². The van der Waals surface area contributed by atoms with Crippen molar-refractivity contribution in [1.29, 1.82) is 5.26 Å². The lowest BCUT2D eigenvalue weighted by Gasteiger charge is -1.98. The Morgan fingerprint density at radius 3 is 3.00 bits per heavy atom. The zero-order chi connectivity index (χ0) is 7.82. The highest BCUT2D eigenvalue weighted by Gasteiger charge is 1.91. The molecule has 0 radical (unpaired) electrons. The first-order valence-corrected chi connectivity index (χ1v) is 3.18. The summed E-state index contributed by atoms with van der Waals surface area (Å²) in [4.78, 5) is 3.78. The molecule has 10 heavy (non-hydrogen) atoms. The molecule has 0 heterocycles. The largest absolute Gasteiger partial charge is 0.468 e. The predicted octanol–water partition coefficient (Wildman–Crippen LogP) is 0.298. The first kappa shape index (κ1) is 9.05. The van der Waals surface area contributed by atoms with Gasteiger partial charge in [0.15, 0.2) is 6.19 Å². The number of halogens is 1. The molecule has 4 nitrogen and oxygen atoms in total. The topological polar surface area (TPSA) is 57.4 Å². The second-order valence-corrected chi connectivity index (χ2v) is 1.69. The second kappa shape index (κ2) is 6.17. The molecule has 0 fully saturated rings. The van der Waals surface area contributed by atoms with Gasteiger partial charge in [-0.2, -0.15) is 5.26 Å². The fourth-order valence-electron chi connectivity index (χ4n) is 0.347. The maximum absolute atomic E-state index is 8.11. The third-order valence-corrected chi connectivity index (χ3v) is 0.865. The third-order valence-electron chi connectivity index (χ3n) is 0.696. The molecule has 0 atom stereocenters. The van der Waals surface area contributed by atoms with Crippen LogP contribution in [0, 0.1) is 11.5 Å². The van der Waals surface area contributed by atoms with Crippen molar-refractivity contribution in [3.63, 3.8) is 0 Å². The number of nitriles is 1. The van der Waals surface area contributed by atoms with Gasteiger partial charge in [-0.15, -0.1) is 11.6 Å². The standard InChI is InChI=1S/C5H8ClN3O/c1-10-5(9-4-7)8-3-2-6/h2-3H2,1H3,(H,8,9). The molecule has 0 aliphatic rings. The van der Waals surface area contributed by atoms with Gasteiger partial charge >= 0.3 is 0 Å². The van der Waals surface area contributed by atoms with E-state index in [1.54, 1.807) is 6.19 Å². The zero-order valence-electron chi connectivity index (χ0n) is 5.59. The van der Waals surface area contributed by atoms with E-state index in [4.69, 9.17) is 16.9 Å². The Hall–Kier alpha value is -0.950. The van der Waals surface area contributed by atoms with Crippen molar-refractivity contribution in [2.75, 3.05) is 19.5 Å². The zero-order valence-corrected chi connectivity index (χ0v) is 6.35. The van der Waals surface area contributed by atoms with Gasteiger partial charge in [0.1, 0.15) is 0 Å². The van der Waals surface area contributed by atoms with Crippen molar-refractivity contribution in [3.8, 4) is 6.19 Å². The minimum absolute atomic E-state index is 0.197. The lowest BCUT2D eigenvalue weighted by Crippen LogP contribution is -2.20. The predicted molar refractivity (Wildman–Crippen MR) is 38.8 cm³/mol. The van der Waals surface area contributed by atoms with Crippen LogP contribution >= 0.6 is 11.6 Å². The lowest BCUT2D eigenvalue weighted by molar-refractivity contribution is 0.386. The van der Waals surface area contributed by atoms with Gasteiger partial charge in [0.2, 0.25) is 0 Å². The summed E-state index contributed by atoms with van der Waals surface area (Å²) in [7, 11) is 1.43. The number of amidine groups is 1. The summed E-state index contributed by atoms with van der Waals surface area (Å²) in [5, 5.41) is 10.4. The summed E-state index contributed by atoms with van der Waals surface area (Å²) in [5.74, 6) is 0.417. The molecule has 0 amide bonds. The van der Waals surface area contributed by atoms with E-state index >= 15 is 0 Å². The fraction of sp³-hybridized carbons (Fsp3) is 0.600. The van der Waals surface area contributed by atoms with Gasteiger partial charge < -0.3 is 4.74 Å². The summed E-state index contributed by atoms with van der Waals surface area (Å²) in [6, 6.07) is 0.197. The average Bonchev–Trinajstić information content (AvgIpc) is 1.98. The summed E-state index contributed by atoms with van der Waals surface area (Å²) >= 11 is 5.33. The molecule has 0 aromatic carbocycles. The Bertz CT molecular complexity index is 151. The minimum atomic E-state index is 0.197. The fourth-order valence-corrected chi connectivity index (χ4v) is 0.431. The highest BCUT2D eigenvalue weighted by molar-refractivity contribution is 6.18. The van der Waals surface area contributed by atoms with E-state index in [1.165, 1.54) is 7.11 Å². The van der Waals surface area contributed by atoms with Crippen LogP contribution in [0.15, 0.2) is 4.99 Å². The summed E-state index contributed by atoms with van der Waals surface area (Å²) in [5.41, 5.74) is 0. The van der Waals surface area contributed by atoms with E-state index in [-0.39, 0.29) is 6.02 Å². The molecular weight excluding hydrogens is 154 g/mol. The quantitative estimate of drug-likeness (QED) is 0.208. The van der Waals surface area contributed by atoms with Crippen LogP contribution in [0.3, 0.4) is 0 Å². The maximum atomic E-state index is 8.11. The normalized spacial score (nSPS) is 10.3. The van der Waals surface area contributed by atoms with E-state index < -0.39 is 0 Å². The van der Waals surface area contributed by atoms with Crippen LogP contribution in [0.1, 0.15) is 0 Å². The molecular formula is C5H8ClN3O. The number of hydrogen-bond acceptors (Lipinski definition) is 3. The van der Waals surface area contributed by atoms with Gasteiger partial charge in [0.25, 0.3) is 6.02 Å². The number of rotatable bonds is 2. The van der Waals surface area contributed by atoms with Crippen LogP contribution in [0.2, 0.25) is 0 Å². The molecule has 0 aromatic heterocycles. The third kappa shape index (κ3) is 3.98. The molecule has 56 valence electrons. The molecule has 0 rings (SSSR count). The van der Waals surface area contributed by atoms with Crippen molar-refractivity contribution in [2.45, 2.75) is 0 Å². The van der Waals surface area contributed by atoms with Gasteiger partial charge in [-0.1, -0.05) is 0 Å². The van der Waals surface area contributed by atoms with Crippen molar-refractivity contribution < 1.29 is 4.74 Å². The molecule has 0 aliphatic heterocycles. The number of methoxy groups -OCH3 is 1. The van der Waals surface area contributed by atoms with E-state index in [9.17, 15) is 0 Å². The van der Waals surface area contributed by atoms with Crippen LogP contribution in [-0.4, -0.2) is 25.6 Å². The molecule has 0 aliphatic carbocycles. The number of alkyl halides is 1. The first-order chi connectivity index (χ1) is 4.85. The van der Waals surface area contributed by atoms with Gasteiger partial charge in [0.05, 0.1) is 13.7 Å². The monoisotopic (exact) mass is 161 g/mol. The van der Waals surface area contributed by atoms with Gasteiger partial charge in [-0.25, -0.2) is 10.3 Å². The van der Waals surface area contributed by atoms with Crippen molar-refractivity contribution in [3.05, 3.63) is 0 Å². The Morgan fingerprint density at radius 2 is 2.60 bits per heavy atom. The Morgan fingerprint density at radius 1 is 1.90 bits per heavy atom. The second-order valence-electron chi connectivity index (χ2n) is 1.32. The SMILES string of the molecule is COC(=NCCCl)NC#N. The molecule has 0 saturated carbocycles. The number of ether oxygens (including phenoxy) is 1. The molecule has 1 N–H and O–H groups in total. The van der Waals surface area contributed by atoms with Crippen molar-refractivity contribution >= 4 is 17.6 Å². The number of nitrogens with one attached hydrogen (secondary N) is 1. The van der Waals surface area contributed by atoms with E-state index in [0.717, 1.165) is 0 Å². The summed E-state index contributed by atoms with van der Waals surface area (Å²) in [6.45, 7) is 0.444. The maximum Gasteiger partial charge on any atom is 0.297 e. The van der Waals surface area contributed by atoms with Crippen LogP contribution in [-0.2, 0) is 4.74 Å². The van der Waals surface area contributed by atoms with E-state index in [1.807, 2.05) is 0 Å². The van der Waals surface area contributed by atoms with E-state index in [2.05, 4.69) is 15.0 Å². The van der Waals surface area contributed by atoms with Gasteiger partial charge in [-0.3, -0.25) is 0 Å². The minimum Gasteiger partial charge on any atom is -0.468 e. The highest BCUT2D eigenvalue weighted by Crippen LogP contribution is 1.79. The van der Waals surface area contributed by atoms with Crippen molar-refractivity contribution in [2.24, 2.45) is 4.99 Å². The average molecular weight is 162 g/mol. The highest BCUT2D eigenvalue weighted by atomic mass is 35.5. The smallest absolute Gasteiger partial charge is 0.297 e. The Balaban J connectivity index is 3.69. The molecule has 0 bridgehead atoms.